The predicted molar refractivity (Wildman–Crippen MR) is 175 cm³/mol. The topological polar surface area (TPSA) is 74.6 Å². The van der Waals surface area contributed by atoms with Crippen LogP contribution in [0.4, 0.5) is 0 Å². The highest BCUT2D eigenvalue weighted by molar-refractivity contribution is 6.07. The van der Waals surface area contributed by atoms with E-state index in [4.69, 9.17) is 0 Å². The summed E-state index contributed by atoms with van der Waals surface area (Å²) in [6.45, 7) is 0. The molecule has 4 nitrogen and oxygen atoms in total. The first-order valence-corrected chi connectivity index (χ1v) is 17.3. The zero-order chi connectivity index (χ0) is 29.6. The predicted octanol–water partition coefficient (Wildman–Crippen LogP) is 11.6. The van der Waals surface area contributed by atoms with E-state index in [1.54, 1.807) is 6.07 Å². The quantitative estimate of drug-likeness (QED) is 0.367. The smallest absolute Gasteiger partial charge is 0.336 e. The molecule has 0 unspecified atom stereocenters. The Labute approximate surface area is 254 Å². The summed E-state index contributed by atoms with van der Waals surface area (Å²) in [6.07, 6.45) is 32.7. The van der Waals surface area contributed by atoms with E-state index >= 15 is 0 Å². The molecule has 3 aliphatic carbocycles. The fraction of sp³-hybridized carbons (Fsp3) is 0.632. The van der Waals surface area contributed by atoms with Gasteiger partial charge < -0.3 is 10.2 Å². The van der Waals surface area contributed by atoms with Crippen LogP contribution in [0.1, 0.15) is 192 Å². The molecule has 3 aliphatic rings. The Balaban J connectivity index is 2.00. The Hall–Kier alpha value is -2.62. The van der Waals surface area contributed by atoms with Crippen molar-refractivity contribution in [1.29, 1.82) is 0 Å². The molecule has 0 aromatic heterocycles. The van der Waals surface area contributed by atoms with Gasteiger partial charge in [-0.05, 0) is 105 Å². The van der Waals surface area contributed by atoms with E-state index in [0.717, 1.165) is 119 Å². The molecule has 230 valence electrons. The minimum Gasteiger partial charge on any atom is -0.478 e. The van der Waals surface area contributed by atoms with Crippen LogP contribution in [0.25, 0.3) is 16.7 Å². The van der Waals surface area contributed by atoms with E-state index < -0.39 is 11.9 Å². The lowest BCUT2D eigenvalue weighted by molar-refractivity contribution is 0.0680. The summed E-state index contributed by atoms with van der Waals surface area (Å²) in [7, 11) is 0. The third-order valence-corrected chi connectivity index (χ3v) is 9.63. The van der Waals surface area contributed by atoms with Gasteiger partial charge in [-0.2, -0.15) is 0 Å². The zero-order valence-electron chi connectivity index (χ0n) is 26.0. The normalized spacial score (nSPS) is 20.8. The molecule has 0 spiro atoms. The first-order valence-electron chi connectivity index (χ1n) is 17.3. The average Bonchev–Trinajstić information content (AvgIpc) is 3.00. The lowest BCUT2D eigenvalue weighted by Crippen LogP contribution is -2.16. The van der Waals surface area contributed by atoms with Crippen LogP contribution in [0.2, 0.25) is 0 Å². The lowest BCUT2D eigenvalue weighted by Gasteiger charge is -2.25. The summed E-state index contributed by atoms with van der Waals surface area (Å²) in [6, 6.07) is 1.75. The molecule has 0 bridgehead atoms. The fourth-order valence-electron chi connectivity index (χ4n) is 7.32. The van der Waals surface area contributed by atoms with Gasteiger partial charge in [-0.1, -0.05) is 95.3 Å². The molecular formula is C38H54O4. The summed E-state index contributed by atoms with van der Waals surface area (Å²) >= 11 is 0. The molecule has 4 rings (SSSR count). The number of carboxylic acids is 2. The van der Waals surface area contributed by atoms with E-state index in [1.807, 2.05) is 0 Å². The summed E-state index contributed by atoms with van der Waals surface area (Å²) in [5.41, 5.74) is 5.86. The maximum Gasteiger partial charge on any atom is 0.336 e. The Morgan fingerprint density at radius 1 is 0.452 bits per heavy atom. The first kappa shape index (κ1) is 32.3. The van der Waals surface area contributed by atoms with E-state index in [9.17, 15) is 19.8 Å². The highest BCUT2D eigenvalue weighted by Gasteiger charge is 2.30. The van der Waals surface area contributed by atoms with Crippen molar-refractivity contribution < 1.29 is 19.8 Å². The molecule has 0 radical (unpaired) electrons. The average molecular weight is 575 g/mol. The molecule has 1 aromatic carbocycles. The number of rotatable bonds is 5. The molecule has 0 atom stereocenters. The van der Waals surface area contributed by atoms with Gasteiger partial charge in [0.15, 0.2) is 0 Å². The van der Waals surface area contributed by atoms with Gasteiger partial charge in [0.25, 0.3) is 0 Å². The number of aromatic carboxylic acids is 2. The number of allylic oxidation sites excluding steroid dienone is 6. The Kier molecular flexibility index (Phi) is 13.4. The lowest BCUT2D eigenvalue weighted by atomic mass is 9.78. The van der Waals surface area contributed by atoms with Gasteiger partial charge in [-0.15, -0.1) is 0 Å². The molecule has 0 aliphatic heterocycles. The SMILES string of the molecule is O=C(O)c1cc(C2=CCCCCCCCC2)c(C(=O)O)c(C2=CCCCCCCCC2)c1C1=CCCCCCCCC1. The maximum absolute atomic E-state index is 13.4. The molecule has 0 heterocycles. The molecule has 1 aromatic rings. The van der Waals surface area contributed by atoms with E-state index in [-0.39, 0.29) is 0 Å². The van der Waals surface area contributed by atoms with Gasteiger partial charge in [-0.25, -0.2) is 9.59 Å². The van der Waals surface area contributed by atoms with Crippen LogP contribution >= 0.6 is 0 Å². The number of benzene rings is 1. The Bertz CT molecular complexity index is 1150. The summed E-state index contributed by atoms with van der Waals surface area (Å²) in [5, 5.41) is 21.7. The zero-order valence-corrected chi connectivity index (χ0v) is 26.0. The molecule has 4 heteroatoms. The summed E-state index contributed by atoms with van der Waals surface area (Å²) in [4.78, 5) is 26.5. The minimum absolute atomic E-state index is 0.296. The highest BCUT2D eigenvalue weighted by atomic mass is 16.4. The number of carbonyl (C=O) groups is 2. The highest BCUT2D eigenvalue weighted by Crippen LogP contribution is 2.42. The molecule has 0 fully saturated rings. The maximum atomic E-state index is 13.4. The van der Waals surface area contributed by atoms with Crippen molar-refractivity contribution in [2.75, 3.05) is 0 Å². The molecule has 2 N–H and O–H groups in total. The van der Waals surface area contributed by atoms with Gasteiger partial charge in [0, 0.05) is 11.1 Å². The minimum atomic E-state index is -0.941. The van der Waals surface area contributed by atoms with Gasteiger partial charge in [0.05, 0.1) is 11.1 Å². The van der Waals surface area contributed by atoms with Crippen molar-refractivity contribution in [2.45, 2.75) is 154 Å². The van der Waals surface area contributed by atoms with Gasteiger partial charge >= 0.3 is 11.9 Å². The Morgan fingerprint density at radius 2 is 0.833 bits per heavy atom. The van der Waals surface area contributed by atoms with Crippen LogP contribution in [-0.4, -0.2) is 22.2 Å². The third-order valence-electron chi connectivity index (χ3n) is 9.63. The van der Waals surface area contributed by atoms with Crippen LogP contribution in [0.5, 0.6) is 0 Å². The van der Waals surface area contributed by atoms with E-state index in [1.165, 1.54) is 57.8 Å². The third kappa shape index (κ3) is 9.19. The molecule has 0 saturated carbocycles. The van der Waals surface area contributed by atoms with E-state index in [0.29, 0.717) is 22.3 Å². The number of hydrogen-bond donors (Lipinski definition) is 2. The first-order chi connectivity index (χ1) is 20.6. The molecule has 42 heavy (non-hydrogen) atoms. The summed E-state index contributed by atoms with van der Waals surface area (Å²) < 4.78 is 0. The van der Waals surface area contributed by atoms with Crippen LogP contribution in [0, 0.1) is 0 Å². The molecule has 0 amide bonds. The fourth-order valence-corrected chi connectivity index (χ4v) is 7.32. The van der Waals surface area contributed by atoms with Crippen molar-refractivity contribution in [3.8, 4) is 0 Å². The van der Waals surface area contributed by atoms with Crippen molar-refractivity contribution >= 4 is 28.7 Å². The standard InChI is InChI=1S/C38H54O4/c39-37(40)33-28-32(29-22-16-10-4-1-5-11-17-23-29)36(38(41)42)35(31-26-20-14-8-3-9-15-21-27-31)34(33)30-24-18-12-6-2-7-13-19-25-30/h22,24,26,28H,1-21,23,25,27H2,(H,39,40)(H,41,42). The van der Waals surface area contributed by atoms with Gasteiger partial charge in [-0.3, -0.25) is 0 Å². The van der Waals surface area contributed by atoms with Crippen molar-refractivity contribution in [2.24, 2.45) is 0 Å². The van der Waals surface area contributed by atoms with Gasteiger partial charge in [0.1, 0.15) is 0 Å². The number of carboxylic acid groups (broad SMARTS) is 2. The second-order valence-corrected chi connectivity index (χ2v) is 12.9. The molecular weight excluding hydrogens is 520 g/mol. The monoisotopic (exact) mass is 574 g/mol. The van der Waals surface area contributed by atoms with Crippen LogP contribution in [-0.2, 0) is 0 Å². The van der Waals surface area contributed by atoms with Crippen molar-refractivity contribution in [1.82, 2.24) is 0 Å². The van der Waals surface area contributed by atoms with Crippen LogP contribution in [0.3, 0.4) is 0 Å². The van der Waals surface area contributed by atoms with Crippen LogP contribution in [0.15, 0.2) is 24.3 Å². The number of hydrogen-bond acceptors (Lipinski definition) is 2. The van der Waals surface area contributed by atoms with E-state index in [2.05, 4.69) is 18.2 Å². The van der Waals surface area contributed by atoms with Gasteiger partial charge in [0.2, 0.25) is 0 Å². The van der Waals surface area contributed by atoms with Crippen molar-refractivity contribution in [3.05, 3.63) is 52.1 Å². The summed E-state index contributed by atoms with van der Waals surface area (Å²) in [5.74, 6) is -1.86. The molecule has 0 saturated heterocycles. The van der Waals surface area contributed by atoms with Crippen LogP contribution < -0.4 is 0 Å². The second kappa shape index (κ2) is 17.5. The van der Waals surface area contributed by atoms with Crippen molar-refractivity contribution in [3.63, 3.8) is 0 Å². The second-order valence-electron chi connectivity index (χ2n) is 12.9. The Morgan fingerprint density at radius 3 is 1.29 bits per heavy atom. The largest absolute Gasteiger partial charge is 0.478 e.